The molecule has 0 aromatic rings. The first-order chi connectivity index (χ1) is 8.65. The molecule has 0 aromatic carbocycles. The lowest BCUT2D eigenvalue weighted by molar-refractivity contribution is 0.197. The first kappa shape index (κ1) is 20.2. The van der Waals surface area contributed by atoms with Gasteiger partial charge in [0.05, 0.1) is 0 Å². The van der Waals surface area contributed by atoms with E-state index in [-0.39, 0.29) is 15.1 Å². The fourth-order valence-corrected chi connectivity index (χ4v) is 1.85. The molecule has 18 heavy (non-hydrogen) atoms. The Hall–Kier alpha value is -0.140. The Bertz CT molecular complexity index is 222. The highest BCUT2D eigenvalue weighted by atomic mass is 31.1. The third-order valence-corrected chi connectivity index (χ3v) is 2.98. The minimum Gasteiger partial charge on any atom is -0.275 e. The molecular formula is C12H25O4P2+. The standard InChI is InChI=1S/C11H22O3P.CH3OP/c1-4-7-8-11(6-3)10-14-15(12)13-9-5-2;1-3-2/h5,11H,2,4,6-10H2,1,3H3;1H3/q+1;. The fraction of sp³-hybridized carbons (Fsp3) is 0.833. The van der Waals surface area contributed by atoms with E-state index >= 15 is 0 Å². The van der Waals surface area contributed by atoms with Crippen molar-refractivity contribution in [1.29, 1.82) is 0 Å². The lowest BCUT2D eigenvalue weighted by atomic mass is 10.0. The van der Waals surface area contributed by atoms with Crippen molar-refractivity contribution in [1.82, 2.24) is 0 Å². The van der Waals surface area contributed by atoms with E-state index in [9.17, 15) is 4.57 Å². The Morgan fingerprint density at radius 3 is 2.44 bits per heavy atom. The summed E-state index contributed by atoms with van der Waals surface area (Å²) in [4.78, 5) is 0. The second kappa shape index (κ2) is 16.9. The molecule has 2 atom stereocenters. The lowest BCUT2D eigenvalue weighted by Crippen LogP contribution is -2.06. The molecule has 0 amide bonds. The minimum atomic E-state index is -1.96. The van der Waals surface area contributed by atoms with E-state index in [2.05, 4.69) is 20.4 Å². The zero-order valence-corrected chi connectivity index (χ0v) is 13.4. The maximum absolute atomic E-state index is 11.2. The van der Waals surface area contributed by atoms with Crippen LogP contribution in [0.5, 0.6) is 0 Å². The first-order valence-corrected chi connectivity index (χ1v) is 8.57. The summed E-state index contributed by atoms with van der Waals surface area (Å²) < 4.78 is 30.0. The van der Waals surface area contributed by atoms with Crippen LogP contribution in [0.2, 0.25) is 0 Å². The summed E-state index contributed by atoms with van der Waals surface area (Å²) >= 11 is 0. The molecule has 0 fully saturated rings. The van der Waals surface area contributed by atoms with Crippen LogP contribution < -0.4 is 0 Å². The van der Waals surface area contributed by atoms with Gasteiger partial charge >= 0.3 is 8.25 Å². The predicted octanol–water partition coefficient (Wildman–Crippen LogP) is 4.99. The molecule has 0 N–H and O–H groups in total. The average Bonchev–Trinajstić information content (AvgIpc) is 2.37. The number of unbranched alkanes of at least 4 members (excludes halogenated alkanes) is 1. The normalized spacial score (nSPS) is 12.5. The highest BCUT2D eigenvalue weighted by molar-refractivity contribution is 7.33. The monoisotopic (exact) mass is 295 g/mol. The topological polar surface area (TPSA) is 52.6 Å². The Labute approximate surface area is 113 Å². The molecule has 106 valence electrons. The summed E-state index contributed by atoms with van der Waals surface area (Å²) in [6, 6.07) is 0. The molecule has 0 bridgehead atoms. The van der Waals surface area contributed by atoms with Gasteiger partial charge in [-0.3, -0.25) is 4.57 Å². The van der Waals surface area contributed by atoms with Crippen molar-refractivity contribution in [2.45, 2.75) is 39.5 Å². The third-order valence-electron chi connectivity index (χ3n) is 2.26. The molecule has 2 unspecified atom stereocenters. The van der Waals surface area contributed by atoms with Gasteiger partial charge in [-0.25, -0.2) is 0 Å². The van der Waals surface area contributed by atoms with Crippen LogP contribution in [0.15, 0.2) is 12.7 Å². The first-order valence-electron chi connectivity index (χ1n) is 6.21. The van der Waals surface area contributed by atoms with Gasteiger partial charge in [0.2, 0.25) is 0 Å². The van der Waals surface area contributed by atoms with Crippen LogP contribution in [0, 0.1) is 5.92 Å². The van der Waals surface area contributed by atoms with E-state index in [1.807, 2.05) is 0 Å². The molecule has 0 radical (unpaired) electrons. The van der Waals surface area contributed by atoms with Crippen LogP contribution in [0.4, 0.5) is 0 Å². The fourth-order valence-electron chi connectivity index (χ4n) is 1.22. The molecule has 0 spiro atoms. The average molecular weight is 295 g/mol. The third kappa shape index (κ3) is 15.9. The van der Waals surface area contributed by atoms with Gasteiger partial charge < -0.3 is 0 Å². The van der Waals surface area contributed by atoms with Gasteiger partial charge in [-0.15, -0.1) is 15.6 Å². The van der Waals surface area contributed by atoms with Crippen molar-refractivity contribution in [2.24, 2.45) is 5.92 Å². The van der Waals surface area contributed by atoms with Crippen LogP contribution in [-0.4, -0.2) is 19.9 Å². The van der Waals surface area contributed by atoms with Crippen molar-refractivity contribution < 1.29 is 18.2 Å². The zero-order valence-electron chi connectivity index (χ0n) is 11.6. The van der Waals surface area contributed by atoms with Crippen LogP contribution in [0.25, 0.3) is 0 Å². The van der Waals surface area contributed by atoms with Crippen LogP contribution in [-0.2, 0) is 18.2 Å². The van der Waals surface area contributed by atoms with E-state index < -0.39 is 8.25 Å². The van der Waals surface area contributed by atoms with E-state index in [1.165, 1.54) is 12.8 Å². The molecule has 0 saturated carbocycles. The SMILES string of the molecule is C=CCO[P+](=O)OCC(CC)CCCC.CP=O. The number of hydrogen-bond donors (Lipinski definition) is 0. The molecule has 0 rings (SSSR count). The summed E-state index contributed by atoms with van der Waals surface area (Å²) in [6.45, 7) is 10.1. The zero-order chi connectivity index (χ0) is 14.2. The maximum atomic E-state index is 11.2. The molecule has 6 heteroatoms. The second-order valence-corrected chi connectivity index (χ2v) is 5.03. The van der Waals surface area contributed by atoms with E-state index in [4.69, 9.17) is 13.6 Å². The van der Waals surface area contributed by atoms with Crippen molar-refractivity contribution in [3.63, 3.8) is 0 Å². The summed E-state index contributed by atoms with van der Waals surface area (Å²) in [5.74, 6) is 0.497. The van der Waals surface area contributed by atoms with Gasteiger partial charge in [0, 0.05) is 11.2 Å². The van der Waals surface area contributed by atoms with Crippen molar-refractivity contribution in [2.75, 3.05) is 19.9 Å². The summed E-state index contributed by atoms with van der Waals surface area (Å²) in [5, 5.41) is 0. The highest BCUT2D eigenvalue weighted by Gasteiger charge is 2.21. The smallest absolute Gasteiger partial charge is 0.275 e. The van der Waals surface area contributed by atoms with Crippen molar-refractivity contribution >= 4 is 16.7 Å². The largest absolute Gasteiger partial charge is 0.697 e. The van der Waals surface area contributed by atoms with Crippen molar-refractivity contribution in [3.05, 3.63) is 12.7 Å². The molecular weight excluding hydrogens is 270 g/mol. The predicted molar refractivity (Wildman–Crippen MR) is 76.5 cm³/mol. The molecule has 0 aromatic heterocycles. The van der Waals surface area contributed by atoms with Crippen LogP contribution >= 0.6 is 16.7 Å². The maximum Gasteiger partial charge on any atom is 0.697 e. The van der Waals surface area contributed by atoms with E-state index in [0.717, 1.165) is 12.8 Å². The summed E-state index contributed by atoms with van der Waals surface area (Å²) in [7, 11) is -1.79. The van der Waals surface area contributed by atoms with Crippen LogP contribution in [0.1, 0.15) is 39.5 Å². The molecule has 0 heterocycles. The Kier molecular flexibility index (Phi) is 18.9. The number of hydrogen-bond acceptors (Lipinski definition) is 4. The molecule has 0 aliphatic rings. The quantitative estimate of drug-likeness (QED) is 0.421. The van der Waals surface area contributed by atoms with Gasteiger partial charge in [0.25, 0.3) is 0 Å². The van der Waals surface area contributed by atoms with Gasteiger partial charge in [-0.2, -0.15) is 0 Å². The Morgan fingerprint density at radius 2 is 2.00 bits per heavy atom. The lowest BCUT2D eigenvalue weighted by Gasteiger charge is -2.09. The molecule has 4 nitrogen and oxygen atoms in total. The van der Waals surface area contributed by atoms with Gasteiger partial charge in [0.15, 0.2) is 8.46 Å². The summed E-state index contributed by atoms with van der Waals surface area (Å²) in [6.07, 6.45) is 6.15. The van der Waals surface area contributed by atoms with Crippen LogP contribution in [0.3, 0.4) is 0 Å². The molecule has 0 saturated heterocycles. The van der Waals surface area contributed by atoms with Gasteiger partial charge in [-0.05, 0) is 12.3 Å². The Morgan fingerprint density at radius 1 is 1.39 bits per heavy atom. The minimum absolute atomic E-state index is 0.167. The highest BCUT2D eigenvalue weighted by Crippen LogP contribution is 2.26. The number of rotatable bonds is 10. The van der Waals surface area contributed by atoms with Crippen molar-refractivity contribution in [3.8, 4) is 0 Å². The summed E-state index contributed by atoms with van der Waals surface area (Å²) in [5.41, 5.74) is 0. The van der Waals surface area contributed by atoms with Gasteiger partial charge in [0.1, 0.15) is 13.2 Å². The van der Waals surface area contributed by atoms with E-state index in [0.29, 0.717) is 12.5 Å². The second-order valence-electron chi connectivity index (χ2n) is 3.70. The molecule has 0 aliphatic carbocycles. The molecule has 0 aliphatic heterocycles. The Balaban J connectivity index is 0. The van der Waals surface area contributed by atoms with Gasteiger partial charge in [-0.1, -0.05) is 39.2 Å². The van der Waals surface area contributed by atoms with E-state index in [1.54, 1.807) is 12.7 Å².